The number of hydrogen-bond acceptors (Lipinski definition) is 4. The van der Waals surface area contributed by atoms with Crippen molar-refractivity contribution >= 4 is 16.5 Å². The molecule has 5 rings (SSSR count). The highest BCUT2D eigenvalue weighted by Gasteiger charge is 2.31. The number of methoxy groups -OCH3 is 1. The van der Waals surface area contributed by atoms with Crippen molar-refractivity contribution in [2.45, 2.75) is 12.8 Å². The van der Waals surface area contributed by atoms with Crippen LogP contribution in [0.1, 0.15) is 23.0 Å². The summed E-state index contributed by atoms with van der Waals surface area (Å²) in [5.41, 5.74) is 5.58. The molecule has 1 atom stereocenters. The molecule has 1 aromatic carbocycles. The first-order chi connectivity index (χ1) is 12.7. The minimum atomic E-state index is -0.713. The number of aromatic nitrogens is 2. The second-order valence-corrected chi connectivity index (χ2v) is 6.42. The third-order valence-electron chi connectivity index (χ3n) is 5.01. The van der Waals surface area contributed by atoms with Crippen molar-refractivity contribution in [3.8, 4) is 11.4 Å². The minimum absolute atomic E-state index is 0.112. The lowest BCUT2D eigenvalue weighted by Crippen LogP contribution is -2.29. The molecule has 0 spiro atoms. The van der Waals surface area contributed by atoms with Gasteiger partial charge >= 0.3 is 0 Å². The molecule has 5 heteroatoms. The number of hydrogen-bond donors (Lipinski definition) is 0. The van der Waals surface area contributed by atoms with Gasteiger partial charge in [-0.2, -0.15) is 0 Å². The highest BCUT2D eigenvalue weighted by molar-refractivity contribution is 5.85. The molecule has 5 nitrogen and oxygen atoms in total. The molecule has 3 aromatic rings. The maximum absolute atomic E-state index is 13.2. The van der Waals surface area contributed by atoms with Crippen LogP contribution in [0.15, 0.2) is 60.1 Å². The molecule has 0 amide bonds. The number of fused-ring (bicyclic) bond motifs is 5. The Kier molecular flexibility index (Phi) is 3.14. The predicted molar refractivity (Wildman–Crippen MR) is 99.6 cm³/mol. The minimum Gasteiger partial charge on any atom is -0.467 e. The molecule has 128 valence electrons. The van der Waals surface area contributed by atoms with Crippen molar-refractivity contribution in [1.82, 2.24) is 9.55 Å². The zero-order valence-electron chi connectivity index (χ0n) is 14.2. The number of para-hydroxylation sites is 1. The van der Waals surface area contributed by atoms with Crippen LogP contribution in [-0.4, -0.2) is 16.7 Å². The van der Waals surface area contributed by atoms with Crippen molar-refractivity contribution in [3.63, 3.8) is 0 Å². The molecular formula is C21H16N2O3. The van der Waals surface area contributed by atoms with Crippen LogP contribution in [0, 0.1) is 0 Å². The second kappa shape index (κ2) is 5.41. The molecule has 2 aliphatic rings. The summed E-state index contributed by atoms with van der Waals surface area (Å²) in [4.78, 5) is 18.0. The van der Waals surface area contributed by atoms with E-state index in [9.17, 15) is 4.79 Å². The van der Waals surface area contributed by atoms with Crippen molar-refractivity contribution in [1.29, 1.82) is 0 Å². The maximum Gasteiger partial charge on any atom is 0.261 e. The van der Waals surface area contributed by atoms with Crippen LogP contribution in [0.3, 0.4) is 0 Å². The van der Waals surface area contributed by atoms with E-state index in [-0.39, 0.29) is 5.56 Å². The van der Waals surface area contributed by atoms with Crippen LogP contribution in [0.4, 0.5) is 0 Å². The van der Waals surface area contributed by atoms with E-state index in [0.29, 0.717) is 12.1 Å². The van der Waals surface area contributed by atoms with Crippen molar-refractivity contribution in [2.75, 3.05) is 7.11 Å². The van der Waals surface area contributed by atoms with Crippen LogP contribution in [0.25, 0.3) is 27.9 Å². The van der Waals surface area contributed by atoms with Crippen LogP contribution < -0.4 is 5.56 Å². The highest BCUT2D eigenvalue weighted by Crippen LogP contribution is 2.37. The molecule has 26 heavy (non-hydrogen) atoms. The lowest BCUT2D eigenvalue weighted by atomic mass is 9.98. The first-order valence-corrected chi connectivity index (χ1v) is 8.39. The molecular weight excluding hydrogens is 328 g/mol. The van der Waals surface area contributed by atoms with E-state index in [0.717, 1.165) is 39.0 Å². The lowest BCUT2D eigenvalue weighted by Gasteiger charge is -2.24. The average Bonchev–Trinajstić information content (AvgIpc) is 3.03. The van der Waals surface area contributed by atoms with Crippen LogP contribution in [0.2, 0.25) is 0 Å². The summed E-state index contributed by atoms with van der Waals surface area (Å²) in [6.45, 7) is 4.33. The summed E-state index contributed by atoms with van der Waals surface area (Å²) in [6, 6.07) is 12.1. The molecule has 4 heterocycles. The third kappa shape index (κ3) is 1.95. The van der Waals surface area contributed by atoms with E-state index in [1.165, 1.54) is 7.11 Å². The number of benzene rings is 1. The van der Waals surface area contributed by atoms with Crippen LogP contribution in [-0.2, 0) is 16.0 Å². The Bertz CT molecular complexity index is 1170. The molecule has 0 fully saturated rings. The Hall–Kier alpha value is -3.18. The number of pyridine rings is 2. The number of rotatable bonds is 2. The van der Waals surface area contributed by atoms with E-state index in [1.807, 2.05) is 30.3 Å². The Morgan fingerprint density at radius 2 is 2.19 bits per heavy atom. The van der Waals surface area contributed by atoms with Gasteiger partial charge in [0.25, 0.3) is 5.56 Å². The Balaban J connectivity index is 1.81. The van der Waals surface area contributed by atoms with E-state index < -0.39 is 6.29 Å². The van der Waals surface area contributed by atoms with Gasteiger partial charge in [0.15, 0.2) is 0 Å². The van der Waals surface area contributed by atoms with Crippen molar-refractivity contribution in [3.05, 3.63) is 82.4 Å². The molecule has 0 saturated heterocycles. The molecule has 0 N–H and O–H groups in total. The molecule has 2 aromatic heterocycles. The lowest BCUT2D eigenvalue weighted by molar-refractivity contribution is -0.0887. The Labute approximate surface area is 149 Å². The summed E-state index contributed by atoms with van der Waals surface area (Å²) in [5.74, 6) is 0. The molecule has 1 unspecified atom stereocenters. The molecule has 2 aliphatic heterocycles. The van der Waals surface area contributed by atoms with Gasteiger partial charge in [0.05, 0.1) is 35.3 Å². The quantitative estimate of drug-likeness (QED) is 0.557. The standard InChI is InChI=1S/C21H16N2O3/c1-3-12-11-26-21(25-2)18-15(12)9-17-19-14(10-23(17)20(18)24)8-13-6-4-5-7-16(13)22-19/h3-9,11,21H,1,10H2,2H3. The number of ether oxygens (including phenoxy) is 2. The predicted octanol–water partition coefficient (Wildman–Crippen LogP) is 3.63. The van der Waals surface area contributed by atoms with Crippen molar-refractivity contribution < 1.29 is 9.47 Å². The van der Waals surface area contributed by atoms with E-state index in [1.54, 1.807) is 16.9 Å². The largest absolute Gasteiger partial charge is 0.467 e. The van der Waals surface area contributed by atoms with Crippen molar-refractivity contribution in [2.24, 2.45) is 0 Å². The monoisotopic (exact) mass is 344 g/mol. The molecule has 0 aliphatic carbocycles. The van der Waals surface area contributed by atoms with Crippen LogP contribution in [0.5, 0.6) is 0 Å². The first-order valence-electron chi connectivity index (χ1n) is 8.39. The summed E-state index contributed by atoms with van der Waals surface area (Å²) < 4.78 is 12.7. The molecule has 0 radical (unpaired) electrons. The van der Waals surface area contributed by atoms with Gasteiger partial charge in [-0.05, 0) is 18.2 Å². The molecule has 0 saturated carbocycles. The zero-order valence-corrected chi connectivity index (χ0v) is 14.2. The summed E-state index contributed by atoms with van der Waals surface area (Å²) in [7, 11) is 1.53. The van der Waals surface area contributed by atoms with Gasteiger partial charge in [0.1, 0.15) is 0 Å². The topological polar surface area (TPSA) is 53.4 Å². The van der Waals surface area contributed by atoms with Gasteiger partial charge in [-0.3, -0.25) is 4.79 Å². The summed E-state index contributed by atoms with van der Waals surface area (Å²) in [5, 5.41) is 1.07. The fourth-order valence-electron chi connectivity index (χ4n) is 3.75. The fraction of sp³-hybridized carbons (Fsp3) is 0.143. The average molecular weight is 344 g/mol. The normalized spacial score (nSPS) is 17.1. The van der Waals surface area contributed by atoms with E-state index in [2.05, 4.69) is 12.6 Å². The summed E-state index contributed by atoms with van der Waals surface area (Å²) in [6.07, 6.45) is 2.56. The Morgan fingerprint density at radius 3 is 3.00 bits per heavy atom. The van der Waals surface area contributed by atoms with Gasteiger partial charge < -0.3 is 14.0 Å². The van der Waals surface area contributed by atoms with Gasteiger partial charge in [0, 0.05) is 29.2 Å². The summed E-state index contributed by atoms with van der Waals surface area (Å²) >= 11 is 0. The SMILES string of the molecule is C=CC1=COC(OC)c2c1cc1n(c2=O)Cc2cc3ccccc3nc2-1. The zero-order chi connectivity index (χ0) is 17.8. The fourth-order valence-corrected chi connectivity index (χ4v) is 3.75. The second-order valence-electron chi connectivity index (χ2n) is 6.42. The number of nitrogens with zero attached hydrogens (tertiary/aromatic N) is 2. The van der Waals surface area contributed by atoms with Gasteiger partial charge in [-0.25, -0.2) is 4.98 Å². The Morgan fingerprint density at radius 1 is 1.35 bits per heavy atom. The van der Waals surface area contributed by atoms with Crippen LogP contribution >= 0.6 is 0 Å². The third-order valence-corrected chi connectivity index (χ3v) is 5.01. The number of allylic oxidation sites excluding steroid dienone is 2. The van der Waals surface area contributed by atoms with E-state index >= 15 is 0 Å². The van der Waals surface area contributed by atoms with Gasteiger partial charge in [0.2, 0.25) is 6.29 Å². The molecule has 0 bridgehead atoms. The maximum atomic E-state index is 13.2. The highest BCUT2D eigenvalue weighted by atomic mass is 16.7. The van der Waals surface area contributed by atoms with E-state index in [4.69, 9.17) is 14.5 Å². The van der Waals surface area contributed by atoms with Gasteiger partial charge in [-0.1, -0.05) is 30.9 Å². The van der Waals surface area contributed by atoms with Gasteiger partial charge in [-0.15, -0.1) is 0 Å². The smallest absolute Gasteiger partial charge is 0.261 e. The first kappa shape index (κ1) is 15.1.